The Bertz CT molecular complexity index is 305. The summed E-state index contributed by atoms with van der Waals surface area (Å²) in [4.78, 5) is 0. The van der Waals surface area contributed by atoms with Crippen LogP contribution in [0.3, 0.4) is 0 Å². The molecule has 2 N–H and O–H groups in total. The number of hydrogen-bond donors (Lipinski definition) is 1. The summed E-state index contributed by atoms with van der Waals surface area (Å²) in [6, 6.07) is 2.12. The third-order valence-electron chi connectivity index (χ3n) is 2.37. The molecule has 0 radical (unpaired) electrons. The van der Waals surface area contributed by atoms with Crippen LogP contribution < -0.4 is 5.73 Å². The van der Waals surface area contributed by atoms with Crippen molar-refractivity contribution in [2.24, 2.45) is 5.73 Å². The van der Waals surface area contributed by atoms with Crippen molar-refractivity contribution in [3.05, 3.63) is 17.5 Å². The van der Waals surface area contributed by atoms with Crippen molar-refractivity contribution in [2.45, 2.75) is 59.0 Å². The van der Waals surface area contributed by atoms with Crippen LogP contribution in [0.2, 0.25) is 0 Å². The molecule has 15 heavy (non-hydrogen) atoms. The van der Waals surface area contributed by atoms with Gasteiger partial charge in [-0.3, -0.25) is 4.68 Å². The highest BCUT2D eigenvalue weighted by atomic mass is 15.3. The molecule has 0 aliphatic rings. The van der Waals surface area contributed by atoms with E-state index in [1.165, 1.54) is 5.69 Å². The van der Waals surface area contributed by atoms with Crippen molar-refractivity contribution in [3.63, 3.8) is 0 Å². The number of rotatable bonds is 1. The van der Waals surface area contributed by atoms with Gasteiger partial charge < -0.3 is 5.73 Å². The van der Waals surface area contributed by atoms with Crippen LogP contribution in [-0.2, 0) is 17.5 Å². The first-order chi connectivity index (χ1) is 6.66. The zero-order valence-corrected chi connectivity index (χ0v) is 10.8. The summed E-state index contributed by atoms with van der Waals surface area (Å²) in [5, 5.41) is 4.56. The average molecular weight is 209 g/mol. The van der Waals surface area contributed by atoms with Crippen LogP contribution in [0.1, 0.15) is 52.9 Å². The van der Waals surface area contributed by atoms with Crippen LogP contribution in [-0.4, -0.2) is 9.78 Å². The maximum Gasteiger partial charge on any atom is 0.0763 e. The Hall–Kier alpha value is -0.830. The average Bonchev–Trinajstić information content (AvgIpc) is 2.44. The molecule has 0 saturated heterocycles. The molecule has 3 nitrogen and oxygen atoms in total. The molecule has 3 heteroatoms. The summed E-state index contributed by atoms with van der Waals surface area (Å²) in [6.07, 6.45) is 0. The Morgan fingerprint density at radius 3 is 2.00 bits per heavy atom. The van der Waals surface area contributed by atoms with Crippen LogP contribution in [0, 0.1) is 0 Å². The van der Waals surface area contributed by atoms with Gasteiger partial charge in [-0.2, -0.15) is 5.10 Å². The van der Waals surface area contributed by atoms with Crippen LogP contribution in [0.4, 0.5) is 0 Å². The summed E-state index contributed by atoms with van der Waals surface area (Å²) in [7, 11) is 0. The highest BCUT2D eigenvalue weighted by molar-refractivity contribution is 5.19. The fourth-order valence-corrected chi connectivity index (χ4v) is 1.58. The number of hydrogen-bond acceptors (Lipinski definition) is 2. The Balaban J connectivity index is 3.31. The lowest BCUT2D eigenvalue weighted by atomic mass is 9.90. The molecule has 0 unspecified atom stereocenters. The third kappa shape index (κ3) is 2.59. The van der Waals surface area contributed by atoms with E-state index in [0.29, 0.717) is 6.54 Å². The second-order valence-electron chi connectivity index (χ2n) is 6.06. The summed E-state index contributed by atoms with van der Waals surface area (Å²) in [6.45, 7) is 13.6. The zero-order chi connectivity index (χ0) is 11.9. The Labute approximate surface area is 92.7 Å². The first-order valence-corrected chi connectivity index (χ1v) is 5.46. The van der Waals surface area contributed by atoms with Crippen molar-refractivity contribution < 1.29 is 0 Å². The van der Waals surface area contributed by atoms with Crippen LogP contribution in [0.25, 0.3) is 0 Å². The van der Waals surface area contributed by atoms with E-state index < -0.39 is 0 Å². The smallest absolute Gasteiger partial charge is 0.0763 e. The highest BCUT2D eigenvalue weighted by Gasteiger charge is 2.26. The van der Waals surface area contributed by atoms with E-state index >= 15 is 0 Å². The molecule has 0 fully saturated rings. The standard InChI is InChI=1S/C12H23N3/c1-11(2,3)10-7-9(8-13)14-15(10)12(4,5)6/h7H,8,13H2,1-6H3. The Morgan fingerprint density at radius 2 is 1.73 bits per heavy atom. The Morgan fingerprint density at radius 1 is 1.20 bits per heavy atom. The van der Waals surface area contributed by atoms with Crippen molar-refractivity contribution in [1.82, 2.24) is 9.78 Å². The molecule has 86 valence electrons. The zero-order valence-electron chi connectivity index (χ0n) is 10.8. The monoisotopic (exact) mass is 209 g/mol. The summed E-state index contributed by atoms with van der Waals surface area (Å²) in [5.74, 6) is 0. The van der Waals surface area contributed by atoms with E-state index in [4.69, 9.17) is 5.73 Å². The van der Waals surface area contributed by atoms with Gasteiger partial charge in [-0.15, -0.1) is 0 Å². The second kappa shape index (κ2) is 3.63. The second-order valence-corrected chi connectivity index (χ2v) is 6.06. The Kier molecular flexibility index (Phi) is 2.97. The van der Waals surface area contributed by atoms with Crippen molar-refractivity contribution in [1.29, 1.82) is 0 Å². The molecule has 0 aromatic carbocycles. The van der Waals surface area contributed by atoms with Crippen molar-refractivity contribution in [2.75, 3.05) is 0 Å². The first kappa shape index (κ1) is 12.2. The minimum atomic E-state index is 0.00995. The summed E-state index contributed by atoms with van der Waals surface area (Å²) in [5.41, 5.74) is 7.97. The van der Waals surface area contributed by atoms with Gasteiger partial charge in [0.1, 0.15) is 0 Å². The van der Waals surface area contributed by atoms with Gasteiger partial charge in [-0.05, 0) is 26.8 Å². The lowest BCUT2D eigenvalue weighted by Crippen LogP contribution is -2.30. The molecule has 0 atom stereocenters. The topological polar surface area (TPSA) is 43.8 Å². The lowest BCUT2D eigenvalue weighted by Gasteiger charge is -2.28. The minimum absolute atomic E-state index is 0.00995. The molecule has 1 aromatic rings. The van der Waals surface area contributed by atoms with E-state index in [-0.39, 0.29) is 11.0 Å². The molecule has 0 aliphatic carbocycles. The van der Waals surface area contributed by atoms with Gasteiger partial charge in [0.2, 0.25) is 0 Å². The van der Waals surface area contributed by atoms with Gasteiger partial charge in [0.05, 0.1) is 11.2 Å². The van der Waals surface area contributed by atoms with E-state index in [0.717, 1.165) is 5.69 Å². The SMILES string of the molecule is CC(C)(C)c1cc(CN)nn1C(C)(C)C. The minimum Gasteiger partial charge on any atom is -0.325 e. The maximum atomic E-state index is 5.64. The number of nitrogens with zero attached hydrogens (tertiary/aromatic N) is 2. The molecule has 0 bridgehead atoms. The van der Waals surface area contributed by atoms with Gasteiger partial charge in [0.15, 0.2) is 0 Å². The van der Waals surface area contributed by atoms with E-state index in [1.807, 2.05) is 0 Å². The van der Waals surface area contributed by atoms with Gasteiger partial charge in [-0.25, -0.2) is 0 Å². The molecular formula is C12H23N3. The normalized spacial score (nSPS) is 13.3. The molecule has 0 aliphatic heterocycles. The molecule has 0 amide bonds. The largest absolute Gasteiger partial charge is 0.325 e. The molecular weight excluding hydrogens is 186 g/mol. The number of aromatic nitrogens is 2. The molecule has 1 rings (SSSR count). The third-order valence-corrected chi connectivity index (χ3v) is 2.37. The van der Waals surface area contributed by atoms with Crippen LogP contribution >= 0.6 is 0 Å². The van der Waals surface area contributed by atoms with Gasteiger partial charge in [0.25, 0.3) is 0 Å². The van der Waals surface area contributed by atoms with E-state index in [9.17, 15) is 0 Å². The lowest BCUT2D eigenvalue weighted by molar-refractivity contribution is 0.321. The number of nitrogens with two attached hydrogens (primary N) is 1. The quantitative estimate of drug-likeness (QED) is 0.772. The van der Waals surface area contributed by atoms with Gasteiger partial charge >= 0.3 is 0 Å². The highest BCUT2D eigenvalue weighted by Crippen LogP contribution is 2.27. The van der Waals surface area contributed by atoms with Crippen molar-refractivity contribution >= 4 is 0 Å². The predicted molar refractivity (Wildman–Crippen MR) is 63.8 cm³/mol. The van der Waals surface area contributed by atoms with Gasteiger partial charge in [0, 0.05) is 17.7 Å². The van der Waals surface area contributed by atoms with Crippen LogP contribution in [0.5, 0.6) is 0 Å². The molecule has 1 aromatic heterocycles. The summed E-state index contributed by atoms with van der Waals surface area (Å²) >= 11 is 0. The fourth-order valence-electron chi connectivity index (χ4n) is 1.58. The first-order valence-electron chi connectivity index (χ1n) is 5.46. The molecule has 0 spiro atoms. The van der Waals surface area contributed by atoms with Gasteiger partial charge in [-0.1, -0.05) is 20.8 Å². The summed E-state index contributed by atoms with van der Waals surface area (Å²) < 4.78 is 2.09. The molecule has 0 saturated carbocycles. The van der Waals surface area contributed by atoms with E-state index in [2.05, 4.69) is 57.4 Å². The fraction of sp³-hybridized carbons (Fsp3) is 0.750. The maximum absolute atomic E-state index is 5.64. The molecule has 1 heterocycles. The van der Waals surface area contributed by atoms with E-state index in [1.54, 1.807) is 0 Å². The van der Waals surface area contributed by atoms with Crippen LogP contribution in [0.15, 0.2) is 6.07 Å². The predicted octanol–water partition coefficient (Wildman–Crippen LogP) is 2.39. The van der Waals surface area contributed by atoms with Crippen molar-refractivity contribution in [3.8, 4) is 0 Å².